The zero-order chi connectivity index (χ0) is 16.6. The summed E-state index contributed by atoms with van der Waals surface area (Å²) >= 11 is 0. The van der Waals surface area contributed by atoms with E-state index in [2.05, 4.69) is 20.3 Å². The summed E-state index contributed by atoms with van der Waals surface area (Å²) < 4.78 is 6.96. The molecule has 23 heavy (non-hydrogen) atoms. The van der Waals surface area contributed by atoms with Gasteiger partial charge in [-0.3, -0.25) is 0 Å². The number of aromatic nitrogens is 3. The number of amides is 1. The second kappa shape index (κ2) is 5.60. The Morgan fingerprint density at radius 1 is 1.43 bits per heavy atom. The van der Waals surface area contributed by atoms with Crippen molar-refractivity contribution in [2.45, 2.75) is 38.8 Å². The van der Waals surface area contributed by atoms with E-state index in [0.717, 1.165) is 25.2 Å². The third kappa shape index (κ3) is 3.64. The van der Waals surface area contributed by atoms with Gasteiger partial charge in [0, 0.05) is 13.1 Å². The van der Waals surface area contributed by atoms with Crippen LogP contribution in [0.2, 0.25) is 0 Å². The standard InChI is InChI=1S/C15H22N6O2/c1-15(2,3)23-14(22)17-10-6-7-20(8-10)11-4-5-12-18-13(16)19-21(12)9-11/h4-5,9-10H,6-8H2,1-3H3,(H2,16,19)(H,17,22). The predicted molar refractivity (Wildman–Crippen MR) is 87.4 cm³/mol. The third-order valence-electron chi connectivity index (χ3n) is 3.61. The van der Waals surface area contributed by atoms with E-state index in [4.69, 9.17) is 10.5 Å². The SMILES string of the molecule is CC(C)(C)OC(=O)NC1CCN(c2ccc3nc(N)nn3c2)C1. The maximum atomic E-state index is 11.8. The van der Waals surface area contributed by atoms with E-state index in [9.17, 15) is 4.79 Å². The van der Waals surface area contributed by atoms with Crippen LogP contribution in [-0.2, 0) is 4.74 Å². The number of carbonyl (C=O) groups is 1. The second-order valence-electron chi connectivity index (χ2n) is 6.74. The van der Waals surface area contributed by atoms with Gasteiger partial charge < -0.3 is 20.7 Å². The molecule has 1 unspecified atom stereocenters. The molecule has 0 radical (unpaired) electrons. The molecule has 124 valence electrons. The van der Waals surface area contributed by atoms with E-state index in [-0.39, 0.29) is 18.1 Å². The maximum Gasteiger partial charge on any atom is 0.407 e. The monoisotopic (exact) mass is 318 g/mol. The molecular formula is C15H22N6O2. The van der Waals surface area contributed by atoms with Gasteiger partial charge in [0.2, 0.25) is 5.95 Å². The molecule has 1 atom stereocenters. The third-order valence-corrected chi connectivity index (χ3v) is 3.61. The van der Waals surface area contributed by atoms with Crippen LogP contribution in [0.1, 0.15) is 27.2 Å². The van der Waals surface area contributed by atoms with Crippen LogP contribution in [0, 0.1) is 0 Å². The maximum absolute atomic E-state index is 11.8. The first kappa shape index (κ1) is 15.4. The molecule has 0 saturated carbocycles. The quantitative estimate of drug-likeness (QED) is 0.869. The fraction of sp³-hybridized carbons (Fsp3) is 0.533. The lowest BCUT2D eigenvalue weighted by atomic mass is 10.2. The molecule has 1 amide bonds. The van der Waals surface area contributed by atoms with E-state index in [1.54, 1.807) is 4.52 Å². The van der Waals surface area contributed by atoms with Crippen LogP contribution in [0.25, 0.3) is 5.65 Å². The number of carbonyl (C=O) groups excluding carboxylic acids is 1. The van der Waals surface area contributed by atoms with Gasteiger partial charge in [0.05, 0.1) is 17.9 Å². The zero-order valence-electron chi connectivity index (χ0n) is 13.6. The predicted octanol–water partition coefficient (Wildman–Crippen LogP) is 1.41. The number of nitrogen functional groups attached to an aromatic ring is 1. The zero-order valence-corrected chi connectivity index (χ0v) is 13.6. The Labute approximate surface area is 134 Å². The molecular weight excluding hydrogens is 296 g/mol. The number of nitrogens with two attached hydrogens (primary N) is 1. The van der Waals surface area contributed by atoms with Crippen molar-refractivity contribution in [2.24, 2.45) is 0 Å². The van der Waals surface area contributed by atoms with Crippen LogP contribution in [-0.4, -0.2) is 45.4 Å². The van der Waals surface area contributed by atoms with E-state index in [1.807, 2.05) is 39.1 Å². The number of nitrogens with one attached hydrogen (secondary N) is 1. The van der Waals surface area contributed by atoms with Crippen LogP contribution < -0.4 is 16.0 Å². The summed E-state index contributed by atoms with van der Waals surface area (Å²) in [5, 5.41) is 7.04. The van der Waals surface area contributed by atoms with Crippen molar-refractivity contribution in [1.29, 1.82) is 0 Å². The topological polar surface area (TPSA) is 97.8 Å². The Morgan fingerprint density at radius 2 is 2.22 bits per heavy atom. The molecule has 1 aliphatic heterocycles. The fourth-order valence-corrected chi connectivity index (χ4v) is 2.66. The lowest BCUT2D eigenvalue weighted by Crippen LogP contribution is -2.40. The molecule has 8 nitrogen and oxygen atoms in total. The number of fused-ring (bicyclic) bond motifs is 1. The Kier molecular flexibility index (Phi) is 3.75. The summed E-state index contributed by atoms with van der Waals surface area (Å²) in [6, 6.07) is 3.94. The molecule has 1 fully saturated rings. The Hall–Kier alpha value is -2.51. The van der Waals surface area contributed by atoms with E-state index < -0.39 is 5.60 Å². The van der Waals surface area contributed by atoms with Crippen molar-refractivity contribution in [3.8, 4) is 0 Å². The van der Waals surface area contributed by atoms with Crippen molar-refractivity contribution in [2.75, 3.05) is 23.7 Å². The summed E-state index contributed by atoms with van der Waals surface area (Å²) in [6.45, 7) is 7.15. The van der Waals surface area contributed by atoms with Gasteiger partial charge in [0.15, 0.2) is 5.65 Å². The minimum absolute atomic E-state index is 0.0707. The van der Waals surface area contributed by atoms with E-state index >= 15 is 0 Å². The molecule has 2 aromatic rings. The summed E-state index contributed by atoms with van der Waals surface area (Å²) in [6.07, 6.45) is 2.40. The largest absolute Gasteiger partial charge is 0.444 e. The van der Waals surface area contributed by atoms with Gasteiger partial charge in [-0.25, -0.2) is 9.31 Å². The lowest BCUT2D eigenvalue weighted by Gasteiger charge is -2.22. The first-order chi connectivity index (χ1) is 10.8. The summed E-state index contributed by atoms with van der Waals surface area (Å²) in [7, 11) is 0. The minimum atomic E-state index is -0.486. The first-order valence-electron chi connectivity index (χ1n) is 7.66. The van der Waals surface area contributed by atoms with E-state index in [0.29, 0.717) is 5.65 Å². The molecule has 3 N–H and O–H groups in total. The number of pyridine rings is 1. The van der Waals surface area contributed by atoms with Crippen LogP contribution in [0.4, 0.5) is 16.4 Å². The summed E-state index contributed by atoms with van der Waals surface area (Å²) in [5.74, 6) is 0.257. The summed E-state index contributed by atoms with van der Waals surface area (Å²) in [4.78, 5) is 18.1. The number of ether oxygens (including phenoxy) is 1. The van der Waals surface area contributed by atoms with Gasteiger partial charge in [-0.1, -0.05) is 0 Å². The summed E-state index contributed by atoms with van der Waals surface area (Å²) in [5.41, 5.74) is 6.86. The number of hydrogen-bond acceptors (Lipinski definition) is 6. The molecule has 8 heteroatoms. The van der Waals surface area contributed by atoms with Crippen molar-refractivity contribution in [3.63, 3.8) is 0 Å². The number of nitrogens with zero attached hydrogens (tertiary/aromatic N) is 4. The van der Waals surface area contributed by atoms with Gasteiger partial charge in [-0.15, -0.1) is 5.10 Å². The number of hydrogen-bond donors (Lipinski definition) is 2. The van der Waals surface area contributed by atoms with Crippen LogP contribution >= 0.6 is 0 Å². The van der Waals surface area contributed by atoms with Crippen LogP contribution in [0.3, 0.4) is 0 Å². The lowest BCUT2D eigenvalue weighted by molar-refractivity contribution is 0.0509. The van der Waals surface area contributed by atoms with Gasteiger partial charge in [-0.2, -0.15) is 4.98 Å². The van der Waals surface area contributed by atoms with Crippen LogP contribution in [0.15, 0.2) is 18.3 Å². The highest BCUT2D eigenvalue weighted by Gasteiger charge is 2.26. The molecule has 0 spiro atoms. The smallest absolute Gasteiger partial charge is 0.407 e. The molecule has 0 bridgehead atoms. The number of alkyl carbamates (subject to hydrolysis) is 1. The van der Waals surface area contributed by atoms with Gasteiger partial charge >= 0.3 is 6.09 Å². The van der Waals surface area contributed by atoms with Gasteiger partial charge in [0.1, 0.15) is 5.60 Å². The normalized spacial score (nSPS) is 18.4. The van der Waals surface area contributed by atoms with Crippen molar-refractivity contribution < 1.29 is 9.53 Å². The first-order valence-corrected chi connectivity index (χ1v) is 7.66. The molecule has 2 aromatic heterocycles. The highest BCUT2D eigenvalue weighted by atomic mass is 16.6. The Morgan fingerprint density at radius 3 is 2.96 bits per heavy atom. The molecule has 3 rings (SSSR count). The van der Waals surface area contributed by atoms with Gasteiger partial charge in [0.25, 0.3) is 0 Å². The number of rotatable bonds is 2. The van der Waals surface area contributed by atoms with Crippen LogP contribution in [0.5, 0.6) is 0 Å². The molecule has 0 aromatic carbocycles. The average Bonchev–Trinajstić information content (AvgIpc) is 3.00. The van der Waals surface area contributed by atoms with Crippen molar-refractivity contribution >= 4 is 23.4 Å². The second-order valence-corrected chi connectivity index (χ2v) is 6.74. The average molecular weight is 318 g/mol. The van der Waals surface area contributed by atoms with Gasteiger partial charge in [-0.05, 0) is 39.3 Å². The molecule has 1 aliphatic rings. The fourth-order valence-electron chi connectivity index (χ4n) is 2.66. The highest BCUT2D eigenvalue weighted by Crippen LogP contribution is 2.21. The molecule has 0 aliphatic carbocycles. The van der Waals surface area contributed by atoms with E-state index in [1.165, 1.54) is 0 Å². The Bertz CT molecular complexity index is 720. The minimum Gasteiger partial charge on any atom is -0.444 e. The van der Waals surface area contributed by atoms with Crippen molar-refractivity contribution in [3.05, 3.63) is 18.3 Å². The Balaban J connectivity index is 1.63. The van der Waals surface area contributed by atoms with Crippen molar-refractivity contribution in [1.82, 2.24) is 19.9 Å². The number of anilines is 2. The molecule has 3 heterocycles. The highest BCUT2D eigenvalue weighted by molar-refractivity contribution is 5.68. The molecule has 1 saturated heterocycles.